The van der Waals surface area contributed by atoms with Gasteiger partial charge in [-0.2, -0.15) is 0 Å². The second-order valence-corrected chi connectivity index (χ2v) is 7.20. The van der Waals surface area contributed by atoms with Crippen LogP contribution in [0.4, 0.5) is 5.69 Å². The molecule has 0 aliphatic carbocycles. The first kappa shape index (κ1) is 23.0. The van der Waals surface area contributed by atoms with E-state index in [4.69, 9.17) is 10.5 Å². The lowest BCUT2D eigenvalue weighted by Crippen LogP contribution is -2.34. The number of anilines is 1. The molecule has 30 heavy (non-hydrogen) atoms. The van der Waals surface area contributed by atoms with Crippen LogP contribution in [0.5, 0.6) is 5.75 Å². The summed E-state index contributed by atoms with van der Waals surface area (Å²) in [5.74, 6) is -0.813. The minimum Gasteiger partial charge on any atom is -0.493 e. The van der Waals surface area contributed by atoms with Crippen molar-refractivity contribution in [3.63, 3.8) is 0 Å². The quantitative estimate of drug-likeness (QED) is 0.335. The molecule has 7 heteroatoms. The molecule has 0 aromatic heterocycles. The first-order chi connectivity index (χ1) is 14.3. The maximum Gasteiger partial charge on any atom is 0.323 e. The van der Waals surface area contributed by atoms with E-state index in [0.717, 1.165) is 24.1 Å². The monoisotopic (exact) mass is 411 g/mol. The highest BCUT2D eigenvalue weighted by Crippen LogP contribution is 2.20. The van der Waals surface area contributed by atoms with Crippen molar-refractivity contribution in [1.82, 2.24) is 9.80 Å². The molecule has 0 saturated heterocycles. The van der Waals surface area contributed by atoms with Crippen LogP contribution in [0, 0.1) is 0 Å². The van der Waals surface area contributed by atoms with Gasteiger partial charge in [0.25, 0.3) is 0 Å². The van der Waals surface area contributed by atoms with Crippen LogP contribution in [0.3, 0.4) is 0 Å². The van der Waals surface area contributed by atoms with Crippen molar-refractivity contribution >= 4 is 23.6 Å². The first-order valence-electron chi connectivity index (χ1n) is 9.75. The van der Waals surface area contributed by atoms with Gasteiger partial charge in [0.05, 0.1) is 13.2 Å². The fourth-order valence-electron chi connectivity index (χ4n) is 2.80. The van der Waals surface area contributed by atoms with Gasteiger partial charge in [0.15, 0.2) is 0 Å². The number of hydrogen-bond donors (Lipinski definition) is 2. The number of ether oxygens (including phenoxy) is 1. The molecule has 0 fully saturated rings. The van der Waals surface area contributed by atoms with Gasteiger partial charge in [0.1, 0.15) is 12.3 Å². The summed E-state index contributed by atoms with van der Waals surface area (Å²) in [4.78, 5) is 27.3. The molecule has 0 aliphatic heterocycles. The van der Waals surface area contributed by atoms with Crippen molar-refractivity contribution < 1.29 is 19.4 Å². The second-order valence-electron chi connectivity index (χ2n) is 7.20. The van der Waals surface area contributed by atoms with Gasteiger partial charge in [0.2, 0.25) is 5.91 Å². The molecule has 1 amide bonds. The molecule has 0 saturated carbocycles. The van der Waals surface area contributed by atoms with Gasteiger partial charge in [-0.25, -0.2) is 0 Å². The van der Waals surface area contributed by atoms with E-state index in [1.54, 1.807) is 30.3 Å². The summed E-state index contributed by atoms with van der Waals surface area (Å²) in [6.07, 6.45) is 3.87. The van der Waals surface area contributed by atoms with Gasteiger partial charge in [0, 0.05) is 23.9 Å². The molecule has 2 rings (SSSR count). The number of rotatable bonds is 11. The largest absolute Gasteiger partial charge is 0.493 e. The maximum atomic E-state index is 12.7. The van der Waals surface area contributed by atoms with Gasteiger partial charge in [-0.3, -0.25) is 9.59 Å². The van der Waals surface area contributed by atoms with E-state index in [9.17, 15) is 14.7 Å². The smallest absolute Gasteiger partial charge is 0.323 e. The van der Waals surface area contributed by atoms with Crippen LogP contribution < -0.4 is 10.5 Å². The maximum absolute atomic E-state index is 12.7. The van der Waals surface area contributed by atoms with E-state index in [-0.39, 0.29) is 6.54 Å². The molecule has 0 aliphatic rings. The molecule has 2 aromatic rings. The van der Waals surface area contributed by atoms with E-state index in [0.29, 0.717) is 18.0 Å². The molecule has 0 spiro atoms. The highest BCUT2D eigenvalue weighted by molar-refractivity contribution is 5.93. The Morgan fingerprint density at radius 3 is 2.47 bits per heavy atom. The van der Waals surface area contributed by atoms with Crippen LogP contribution in [0.25, 0.3) is 6.08 Å². The minimum atomic E-state index is -1.08. The van der Waals surface area contributed by atoms with Crippen LogP contribution in [-0.4, -0.2) is 60.6 Å². The summed E-state index contributed by atoms with van der Waals surface area (Å²) in [7, 11) is 4.00. The van der Waals surface area contributed by atoms with Crippen molar-refractivity contribution in [2.45, 2.75) is 13.0 Å². The molecule has 0 unspecified atom stereocenters. The number of nitrogen functional groups attached to an aromatic ring is 1. The summed E-state index contributed by atoms with van der Waals surface area (Å²) in [5, 5.41) is 9.25. The number of aliphatic carboxylic acids is 1. The second kappa shape index (κ2) is 11.6. The Kier molecular flexibility index (Phi) is 8.90. The summed E-state index contributed by atoms with van der Waals surface area (Å²) < 4.78 is 5.87. The molecule has 0 atom stereocenters. The Balaban J connectivity index is 2.09. The normalized spacial score (nSPS) is 11.0. The zero-order chi connectivity index (χ0) is 21.9. The number of para-hydroxylation sites is 1. The number of nitrogens with two attached hydrogens (primary N) is 1. The van der Waals surface area contributed by atoms with Gasteiger partial charge >= 0.3 is 5.97 Å². The van der Waals surface area contributed by atoms with Gasteiger partial charge in [-0.15, -0.1) is 0 Å². The number of carbonyl (C=O) groups excluding carboxylic acids is 1. The summed E-state index contributed by atoms with van der Waals surface area (Å²) in [5.41, 5.74) is 7.86. The predicted octanol–water partition coefficient (Wildman–Crippen LogP) is 2.73. The summed E-state index contributed by atoms with van der Waals surface area (Å²) in [6, 6.07) is 14.4. The number of carbonyl (C=O) groups is 2. The van der Waals surface area contributed by atoms with E-state index < -0.39 is 18.4 Å². The lowest BCUT2D eigenvalue weighted by atomic mass is 10.1. The molecule has 0 heterocycles. The fraction of sp³-hybridized carbons (Fsp3) is 0.304. The lowest BCUT2D eigenvalue weighted by Gasteiger charge is -2.21. The van der Waals surface area contributed by atoms with Gasteiger partial charge in [-0.05, 0) is 50.4 Å². The molecule has 160 valence electrons. The van der Waals surface area contributed by atoms with Crippen molar-refractivity contribution in [2.75, 3.05) is 39.5 Å². The van der Waals surface area contributed by atoms with Gasteiger partial charge in [-0.1, -0.05) is 30.3 Å². The molecular weight excluding hydrogens is 382 g/mol. The van der Waals surface area contributed by atoms with Crippen LogP contribution in [0.15, 0.2) is 54.6 Å². The molecular formula is C23H29N3O4. The number of amides is 1. The molecule has 3 N–H and O–H groups in total. The average molecular weight is 412 g/mol. The van der Waals surface area contributed by atoms with Crippen LogP contribution in [0.1, 0.15) is 17.5 Å². The molecule has 7 nitrogen and oxygen atoms in total. The zero-order valence-electron chi connectivity index (χ0n) is 17.5. The SMILES string of the molecule is CN(C)CCCOc1ccccc1CN(CC(=O)O)C(=O)/C=C/c1ccc(N)cc1. The zero-order valence-corrected chi connectivity index (χ0v) is 17.5. The van der Waals surface area contributed by atoms with Crippen molar-refractivity contribution in [2.24, 2.45) is 0 Å². The number of nitrogens with zero attached hydrogens (tertiary/aromatic N) is 2. The van der Waals surface area contributed by atoms with Gasteiger partial charge < -0.3 is 25.4 Å². The van der Waals surface area contributed by atoms with E-state index >= 15 is 0 Å². The number of hydrogen-bond acceptors (Lipinski definition) is 5. The molecule has 0 bridgehead atoms. The Labute approximate surface area is 177 Å². The van der Waals surface area contributed by atoms with E-state index in [2.05, 4.69) is 4.90 Å². The third-order valence-electron chi connectivity index (χ3n) is 4.33. The Bertz CT molecular complexity index is 863. The first-order valence-corrected chi connectivity index (χ1v) is 9.75. The Morgan fingerprint density at radius 1 is 1.10 bits per heavy atom. The van der Waals surface area contributed by atoms with E-state index in [1.807, 2.05) is 38.4 Å². The van der Waals surface area contributed by atoms with Crippen molar-refractivity contribution in [1.29, 1.82) is 0 Å². The average Bonchev–Trinajstić information content (AvgIpc) is 2.70. The highest BCUT2D eigenvalue weighted by atomic mass is 16.5. The van der Waals surface area contributed by atoms with E-state index in [1.165, 1.54) is 11.0 Å². The van der Waals surface area contributed by atoms with Crippen LogP contribution in [0.2, 0.25) is 0 Å². The topological polar surface area (TPSA) is 96.1 Å². The van der Waals surface area contributed by atoms with Crippen LogP contribution in [-0.2, 0) is 16.1 Å². The van der Waals surface area contributed by atoms with Crippen LogP contribution >= 0.6 is 0 Å². The number of carboxylic acids is 1. The predicted molar refractivity (Wildman–Crippen MR) is 118 cm³/mol. The summed E-state index contributed by atoms with van der Waals surface area (Å²) in [6.45, 7) is 1.18. The fourth-order valence-corrected chi connectivity index (χ4v) is 2.80. The minimum absolute atomic E-state index is 0.140. The molecule has 2 aromatic carbocycles. The Morgan fingerprint density at radius 2 is 1.80 bits per heavy atom. The molecule has 0 radical (unpaired) electrons. The van der Waals surface area contributed by atoms with Crippen molar-refractivity contribution in [3.05, 3.63) is 65.7 Å². The number of carboxylic acid groups (broad SMARTS) is 1. The standard InChI is InChI=1S/C23H29N3O4/c1-25(2)14-5-15-30-21-7-4-3-6-19(21)16-26(17-23(28)29)22(27)13-10-18-8-11-20(24)12-9-18/h3-4,6-13H,5,14-17,24H2,1-2H3,(H,28,29)/b13-10+. The summed E-state index contributed by atoms with van der Waals surface area (Å²) >= 11 is 0. The lowest BCUT2D eigenvalue weighted by molar-refractivity contribution is -0.143. The third-order valence-corrected chi connectivity index (χ3v) is 4.33. The highest BCUT2D eigenvalue weighted by Gasteiger charge is 2.17. The van der Waals surface area contributed by atoms with Crippen molar-refractivity contribution in [3.8, 4) is 5.75 Å². The number of benzene rings is 2. The Hall–Kier alpha value is -3.32. The third kappa shape index (κ3) is 7.97.